The van der Waals surface area contributed by atoms with Crippen LogP contribution in [0.4, 0.5) is 4.39 Å². The average Bonchev–Trinajstić information content (AvgIpc) is 2.72. The summed E-state index contributed by atoms with van der Waals surface area (Å²) in [4.78, 5) is 5.00. The lowest BCUT2D eigenvalue weighted by Gasteiger charge is -2.23. The lowest BCUT2D eigenvalue weighted by molar-refractivity contribution is 0.280. The van der Waals surface area contributed by atoms with Gasteiger partial charge >= 0.3 is 0 Å². The minimum absolute atomic E-state index is 0.114. The molecule has 0 aliphatic heterocycles. The summed E-state index contributed by atoms with van der Waals surface area (Å²) >= 11 is 0. The Morgan fingerprint density at radius 2 is 1.53 bits per heavy atom. The zero-order chi connectivity index (χ0) is 21.8. The number of hydrogen-bond donors (Lipinski definition) is 1. The van der Waals surface area contributed by atoms with Crippen LogP contribution in [0, 0.1) is 12.7 Å². The topological polar surface area (TPSA) is 33.1 Å². The van der Waals surface area contributed by atoms with Crippen LogP contribution < -0.4 is 0 Å². The Morgan fingerprint density at radius 3 is 2.10 bits per heavy atom. The zero-order valence-corrected chi connectivity index (χ0v) is 18.4. The molecule has 0 saturated heterocycles. The van der Waals surface area contributed by atoms with Gasteiger partial charge in [-0.3, -0.25) is 4.98 Å². The SMILES string of the molecule is Cc1ccccc1C=Cc1c(C(C)C)nc(C(C)C)c(CO)c1-c1ccc(F)cc1. The van der Waals surface area contributed by atoms with Gasteiger partial charge in [-0.1, -0.05) is 76.2 Å². The third-order valence-corrected chi connectivity index (χ3v) is 5.40. The summed E-state index contributed by atoms with van der Waals surface area (Å²) in [6, 6.07) is 14.7. The summed E-state index contributed by atoms with van der Waals surface area (Å²) < 4.78 is 13.6. The molecule has 1 N–H and O–H groups in total. The Hall–Kier alpha value is -2.78. The predicted molar refractivity (Wildman–Crippen MR) is 124 cm³/mol. The number of rotatable bonds is 6. The fourth-order valence-electron chi connectivity index (χ4n) is 3.82. The van der Waals surface area contributed by atoms with E-state index in [-0.39, 0.29) is 24.3 Å². The Bertz CT molecular complexity index is 1050. The predicted octanol–water partition coefficient (Wildman–Crippen LogP) is 7.11. The molecule has 0 aliphatic carbocycles. The first kappa shape index (κ1) is 21.9. The first-order chi connectivity index (χ1) is 14.3. The molecule has 0 bridgehead atoms. The van der Waals surface area contributed by atoms with E-state index in [1.807, 2.05) is 12.1 Å². The van der Waals surface area contributed by atoms with Crippen molar-refractivity contribution in [1.29, 1.82) is 0 Å². The van der Waals surface area contributed by atoms with E-state index >= 15 is 0 Å². The first-order valence-electron chi connectivity index (χ1n) is 10.5. The molecule has 0 spiro atoms. The number of pyridine rings is 1. The Morgan fingerprint density at radius 1 is 0.900 bits per heavy atom. The number of benzene rings is 2. The van der Waals surface area contributed by atoms with Gasteiger partial charge in [-0.2, -0.15) is 0 Å². The largest absolute Gasteiger partial charge is 0.392 e. The number of halogens is 1. The van der Waals surface area contributed by atoms with Gasteiger partial charge in [-0.05, 0) is 53.1 Å². The van der Waals surface area contributed by atoms with Crippen molar-refractivity contribution in [1.82, 2.24) is 4.98 Å². The normalized spacial score (nSPS) is 11.8. The van der Waals surface area contributed by atoms with Crippen molar-refractivity contribution in [2.45, 2.75) is 53.1 Å². The summed E-state index contributed by atoms with van der Waals surface area (Å²) in [5, 5.41) is 10.3. The number of aromatic nitrogens is 1. The summed E-state index contributed by atoms with van der Waals surface area (Å²) in [5.41, 5.74) is 7.82. The molecule has 156 valence electrons. The van der Waals surface area contributed by atoms with Crippen LogP contribution in [0.5, 0.6) is 0 Å². The average molecular weight is 404 g/mol. The molecule has 0 radical (unpaired) electrons. The molecular weight excluding hydrogens is 373 g/mol. The molecule has 1 aromatic heterocycles. The first-order valence-corrected chi connectivity index (χ1v) is 10.5. The van der Waals surface area contributed by atoms with Crippen LogP contribution >= 0.6 is 0 Å². The van der Waals surface area contributed by atoms with Gasteiger partial charge in [0.15, 0.2) is 0 Å². The molecule has 3 rings (SSSR count). The van der Waals surface area contributed by atoms with E-state index in [0.717, 1.165) is 39.2 Å². The second kappa shape index (κ2) is 9.36. The second-order valence-electron chi connectivity index (χ2n) is 8.31. The highest BCUT2D eigenvalue weighted by Gasteiger charge is 2.22. The summed E-state index contributed by atoms with van der Waals surface area (Å²) in [6.07, 6.45) is 4.19. The number of aliphatic hydroxyl groups is 1. The summed E-state index contributed by atoms with van der Waals surface area (Å²) in [5.74, 6) is 0.0905. The van der Waals surface area contributed by atoms with Gasteiger partial charge in [-0.15, -0.1) is 0 Å². The Kier molecular flexibility index (Phi) is 6.84. The molecule has 2 nitrogen and oxygen atoms in total. The van der Waals surface area contributed by atoms with Crippen molar-refractivity contribution in [3.05, 3.63) is 88.0 Å². The molecule has 0 fully saturated rings. The molecule has 30 heavy (non-hydrogen) atoms. The van der Waals surface area contributed by atoms with Crippen molar-refractivity contribution in [2.75, 3.05) is 0 Å². The molecule has 0 aliphatic rings. The smallest absolute Gasteiger partial charge is 0.123 e. The van der Waals surface area contributed by atoms with Gasteiger partial charge in [0.1, 0.15) is 5.82 Å². The van der Waals surface area contributed by atoms with Crippen LogP contribution in [0.15, 0.2) is 48.5 Å². The van der Waals surface area contributed by atoms with Crippen LogP contribution in [0.1, 0.15) is 73.2 Å². The van der Waals surface area contributed by atoms with E-state index < -0.39 is 0 Å². The molecule has 3 heteroatoms. The van der Waals surface area contributed by atoms with E-state index in [2.05, 4.69) is 58.9 Å². The van der Waals surface area contributed by atoms with Gasteiger partial charge in [0.2, 0.25) is 0 Å². The van der Waals surface area contributed by atoms with Crippen LogP contribution in [-0.2, 0) is 6.61 Å². The third-order valence-electron chi connectivity index (χ3n) is 5.40. The summed E-state index contributed by atoms with van der Waals surface area (Å²) in [7, 11) is 0. The quantitative estimate of drug-likeness (QED) is 0.476. The molecule has 2 aromatic carbocycles. The van der Waals surface area contributed by atoms with E-state index in [4.69, 9.17) is 4.98 Å². The van der Waals surface area contributed by atoms with Gasteiger partial charge < -0.3 is 5.11 Å². The van der Waals surface area contributed by atoms with Crippen LogP contribution in [0.3, 0.4) is 0 Å². The van der Waals surface area contributed by atoms with Crippen LogP contribution in [-0.4, -0.2) is 10.1 Å². The highest BCUT2D eigenvalue weighted by Crippen LogP contribution is 2.37. The van der Waals surface area contributed by atoms with Crippen molar-refractivity contribution >= 4 is 12.2 Å². The van der Waals surface area contributed by atoms with E-state index in [9.17, 15) is 9.50 Å². The highest BCUT2D eigenvalue weighted by molar-refractivity contribution is 5.85. The number of aliphatic hydroxyl groups excluding tert-OH is 1. The third kappa shape index (κ3) is 4.52. The van der Waals surface area contributed by atoms with Crippen molar-refractivity contribution in [3.8, 4) is 11.1 Å². The minimum atomic E-state index is -0.275. The highest BCUT2D eigenvalue weighted by atomic mass is 19.1. The van der Waals surface area contributed by atoms with Crippen molar-refractivity contribution in [2.24, 2.45) is 0 Å². The maximum atomic E-state index is 13.6. The molecule has 0 amide bonds. The van der Waals surface area contributed by atoms with Crippen molar-refractivity contribution in [3.63, 3.8) is 0 Å². The monoisotopic (exact) mass is 403 g/mol. The van der Waals surface area contributed by atoms with Gasteiger partial charge in [0.05, 0.1) is 12.3 Å². The molecule has 3 aromatic rings. The second-order valence-corrected chi connectivity index (χ2v) is 8.31. The minimum Gasteiger partial charge on any atom is -0.392 e. The van der Waals surface area contributed by atoms with E-state index in [1.54, 1.807) is 12.1 Å². The number of aryl methyl sites for hydroxylation is 1. The Labute approximate surface area is 179 Å². The van der Waals surface area contributed by atoms with Crippen molar-refractivity contribution < 1.29 is 9.50 Å². The fourth-order valence-corrected chi connectivity index (χ4v) is 3.82. The lowest BCUT2D eigenvalue weighted by atomic mass is 9.87. The van der Waals surface area contributed by atoms with Crippen LogP contribution in [0.25, 0.3) is 23.3 Å². The molecule has 0 unspecified atom stereocenters. The zero-order valence-electron chi connectivity index (χ0n) is 18.4. The maximum Gasteiger partial charge on any atom is 0.123 e. The van der Waals surface area contributed by atoms with Gasteiger partial charge in [0, 0.05) is 16.8 Å². The number of hydrogen-bond acceptors (Lipinski definition) is 2. The van der Waals surface area contributed by atoms with E-state index in [0.29, 0.717) is 0 Å². The van der Waals surface area contributed by atoms with Gasteiger partial charge in [-0.25, -0.2) is 4.39 Å². The van der Waals surface area contributed by atoms with Gasteiger partial charge in [0.25, 0.3) is 0 Å². The summed E-state index contributed by atoms with van der Waals surface area (Å²) in [6.45, 7) is 10.4. The standard InChI is InChI=1S/C27H30FNO/c1-17(2)26-23(15-12-20-9-7-6-8-19(20)5)25(21-10-13-22(28)14-11-21)24(16-30)27(29-26)18(3)4/h6-15,17-18,30H,16H2,1-5H3. The molecule has 0 saturated carbocycles. The molecule has 1 heterocycles. The molecular formula is C27H30FNO. The number of nitrogens with zero attached hydrogens (tertiary/aromatic N) is 1. The lowest BCUT2D eigenvalue weighted by Crippen LogP contribution is -2.10. The molecule has 0 atom stereocenters. The Balaban J connectivity index is 2.34. The maximum absolute atomic E-state index is 13.6. The van der Waals surface area contributed by atoms with Crippen LogP contribution in [0.2, 0.25) is 0 Å². The fraction of sp³-hybridized carbons (Fsp3) is 0.296. The van der Waals surface area contributed by atoms with E-state index in [1.165, 1.54) is 17.7 Å².